The topological polar surface area (TPSA) is 80.4 Å². The minimum Gasteiger partial charge on any atom is -0.466 e. The second kappa shape index (κ2) is 9.75. The third kappa shape index (κ3) is 5.32. The number of esters is 1. The Morgan fingerprint density at radius 2 is 1.85 bits per heavy atom. The number of aromatic nitrogens is 1. The van der Waals surface area contributed by atoms with Gasteiger partial charge in [0.25, 0.3) is 5.91 Å². The highest BCUT2D eigenvalue weighted by molar-refractivity contribution is 6.32. The first-order valence-electron chi connectivity index (χ1n) is 10.2. The number of ether oxygens (including phenoxy) is 2. The Labute approximate surface area is 194 Å². The Bertz CT molecular complexity index is 1320. The second-order valence-electron chi connectivity index (χ2n) is 7.21. The molecule has 0 saturated carbocycles. The summed E-state index contributed by atoms with van der Waals surface area (Å²) < 4.78 is 24.6. The zero-order valence-electron chi connectivity index (χ0n) is 17.7. The smallest absolute Gasteiger partial charge is 0.310 e. The maximum Gasteiger partial charge on any atom is 0.310 e. The van der Waals surface area contributed by atoms with E-state index in [1.165, 1.54) is 12.1 Å². The van der Waals surface area contributed by atoms with E-state index in [0.717, 1.165) is 5.56 Å². The highest BCUT2D eigenvalue weighted by Crippen LogP contribution is 2.31. The lowest BCUT2D eigenvalue weighted by Gasteiger charge is -2.10. The van der Waals surface area contributed by atoms with E-state index in [2.05, 4.69) is 10.3 Å². The van der Waals surface area contributed by atoms with E-state index in [9.17, 15) is 14.0 Å². The first-order valence-corrected chi connectivity index (χ1v) is 10.6. The van der Waals surface area contributed by atoms with Gasteiger partial charge in [-0.1, -0.05) is 23.7 Å². The van der Waals surface area contributed by atoms with Crippen molar-refractivity contribution in [2.45, 2.75) is 13.3 Å². The van der Waals surface area contributed by atoms with Crippen molar-refractivity contribution in [1.82, 2.24) is 4.98 Å². The molecule has 0 bridgehead atoms. The summed E-state index contributed by atoms with van der Waals surface area (Å²) in [4.78, 5) is 27.0. The van der Waals surface area contributed by atoms with Crippen molar-refractivity contribution in [1.29, 1.82) is 0 Å². The van der Waals surface area contributed by atoms with Crippen molar-refractivity contribution in [3.05, 3.63) is 88.8 Å². The summed E-state index contributed by atoms with van der Waals surface area (Å²) in [5.41, 5.74) is 2.07. The molecule has 4 rings (SSSR count). The van der Waals surface area contributed by atoms with Crippen molar-refractivity contribution >= 4 is 40.1 Å². The maximum atomic E-state index is 13.9. The normalized spacial score (nSPS) is 10.8. The monoisotopic (exact) mass is 466 g/mol. The van der Waals surface area contributed by atoms with Crippen LogP contribution >= 0.6 is 11.6 Å². The Hall–Kier alpha value is -3.84. The number of carbonyl (C=O) groups is 2. The van der Waals surface area contributed by atoms with Gasteiger partial charge >= 0.3 is 5.97 Å². The largest absolute Gasteiger partial charge is 0.466 e. The number of anilines is 1. The lowest BCUT2D eigenvalue weighted by molar-refractivity contribution is -0.142. The quantitative estimate of drug-likeness (QED) is 0.322. The number of carbonyl (C=O) groups excluding carboxylic acids is 2. The molecule has 3 aromatic carbocycles. The maximum absolute atomic E-state index is 13.9. The number of rotatable bonds is 7. The number of benzene rings is 3. The minimum atomic E-state index is -0.392. The van der Waals surface area contributed by atoms with Crippen LogP contribution in [0.15, 0.2) is 66.7 Å². The average Bonchev–Trinajstić information content (AvgIpc) is 3.23. The molecule has 0 atom stereocenters. The van der Waals surface area contributed by atoms with Crippen LogP contribution in [0, 0.1) is 5.82 Å². The fourth-order valence-corrected chi connectivity index (χ4v) is 3.53. The van der Waals surface area contributed by atoms with Gasteiger partial charge in [-0.3, -0.25) is 9.59 Å². The van der Waals surface area contributed by atoms with Crippen LogP contribution in [0.4, 0.5) is 10.1 Å². The highest BCUT2D eigenvalue weighted by atomic mass is 35.5. The molecule has 33 heavy (non-hydrogen) atoms. The lowest BCUT2D eigenvalue weighted by atomic mass is 10.1. The van der Waals surface area contributed by atoms with Crippen molar-refractivity contribution < 1.29 is 23.5 Å². The SMILES string of the molecule is CCOC(=O)Cc1ccc(Oc2ccc(NC(=O)c3cc4c(F)cccc4[nH]3)cc2)c(Cl)c1. The van der Waals surface area contributed by atoms with Crippen LogP contribution in [0.3, 0.4) is 0 Å². The third-order valence-corrected chi connectivity index (χ3v) is 5.14. The molecule has 4 aromatic rings. The van der Waals surface area contributed by atoms with E-state index in [-0.39, 0.29) is 24.0 Å². The van der Waals surface area contributed by atoms with Crippen molar-refractivity contribution in [2.75, 3.05) is 11.9 Å². The fraction of sp³-hybridized carbons (Fsp3) is 0.120. The Morgan fingerprint density at radius 1 is 1.06 bits per heavy atom. The molecule has 0 radical (unpaired) electrons. The zero-order valence-corrected chi connectivity index (χ0v) is 18.4. The van der Waals surface area contributed by atoms with Gasteiger partial charge in [0.2, 0.25) is 0 Å². The van der Waals surface area contributed by atoms with Crippen LogP contribution in [0.1, 0.15) is 23.0 Å². The molecule has 0 aliphatic rings. The van der Waals surface area contributed by atoms with Gasteiger partial charge in [0.05, 0.1) is 18.1 Å². The standard InChI is InChI=1S/C25H20ClFN2O4/c1-2-32-24(30)13-15-6-11-23(19(26)12-15)33-17-9-7-16(8-10-17)28-25(31)22-14-18-20(27)4-3-5-21(18)29-22/h3-12,14,29H,2,13H2,1H3,(H,28,31). The summed E-state index contributed by atoms with van der Waals surface area (Å²) in [7, 11) is 0. The number of H-pyrrole nitrogens is 1. The van der Waals surface area contributed by atoms with Crippen LogP contribution in [0.25, 0.3) is 10.9 Å². The van der Waals surface area contributed by atoms with Gasteiger partial charge in [0, 0.05) is 16.6 Å². The van der Waals surface area contributed by atoms with E-state index in [1.54, 1.807) is 61.5 Å². The summed E-state index contributed by atoms with van der Waals surface area (Å²) in [6, 6.07) is 17.9. The molecule has 1 heterocycles. The first kappa shape index (κ1) is 22.4. The predicted molar refractivity (Wildman–Crippen MR) is 125 cm³/mol. The molecule has 168 valence electrons. The van der Waals surface area contributed by atoms with E-state index in [0.29, 0.717) is 39.7 Å². The molecule has 1 amide bonds. The summed E-state index contributed by atoms with van der Waals surface area (Å²) >= 11 is 6.29. The molecule has 0 saturated heterocycles. The third-order valence-electron chi connectivity index (χ3n) is 4.85. The number of aromatic amines is 1. The molecular weight excluding hydrogens is 447 g/mol. The molecule has 1 aromatic heterocycles. The van der Waals surface area contributed by atoms with Crippen LogP contribution in [-0.2, 0) is 16.0 Å². The zero-order chi connectivity index (χ0) is 23.4. The van der Waals surface area contributed by atoms with Gasteiger partial charge in [-0.2, -0.15) is 0 Å². The Morgan fingerprint density at radius 3 is 2.55 bits per heavy atom. The molecule has 0 aliphatic carbocycles. The van der Waals surface area contributed by atoms with Gasteiger partial charge < -0.3 is 19.8 Å². The number of nitrogens with one attached hydrogen (secondary N) is 2. The Balaban J connectivity index is 1.40. The van der Waals surface area contributed by atoms with E-state index >= 15 is 0 Å². The number of fused-ring (bicyclic) bond motifs is 1. The van der Waals surface area contributed by atoms with Crippen LogP contribution in [0.5, 0.6) is 11.5 Å². The molecule has 0 aliphatic heterocycles. The molecule has 0 spiro atoms. The van der Waals surface area contributed by atoms with Crippen molar-refractivity contribution in [2.24, 2.45) is 0 Å². The number of amides is 1. The van der Waals surface area contributed by atoms with Crippen LogP contribution < -0.4 is 10.1 Å². The van der Waals surface area contributed by atoms with Crippen molar-refractivity contribution in [3.8, 4) is 11.5 Å². The highest BCUT2D eigenvalue weighted by Gasteiger charge is 2.13. The second-order valence-corrected chi connectivity index (χ2v) is 7.62. The van der Waals surface area contributed by atoms with Crippen molar-refractivity contribution in [3.63, 3.8) is 0 Å². The van der Waals surface area contributed by atoms with Crippen LogP contribution in [0.2, 0.25) is 5.02 Å². The Kier molecular flexibility index (Phi) is 6.60. The van der Waals surface area contributed by atoms with E-state index < -0.39 is 5.82 Å². The predicted octanol–water partition coefficient (Wildman–Crippen LogP) is 6.11. The molecule has 8 heteroatoms. The fourth-order valence-electron chi connectivity index (χ4n) is 3.29. The van der Waals surface area contributed by atoms with E-state index in [4.69, 9.17) is 21.1 Å². The summed E-state index contributed by atoms with van der Waals surface area (Å²) in [5, 5.41) is 3.48. The summed E-state index contributed by atoms with van der Waals surface area (Å²) in [6.07, 6.45) is 0.130. The molecule has 0 unspecified atom stereocenters. The van der Waals surface area contributed by atoms with Gasteiger partial charge in [-0.05, 0) is 67.1 Å². The number of halogens is 2. The van der Waals surface area contributed by atoms with Crippen LogP contribution in [-0.4, -0.2) is 23.5 Å². The van der Waals surface area contributed by atoms with Gasteiger partial charge in [0.15, 0.2) is 0 Å². The molecule has 2 N–H and O–H groups in total. The summed E-state index contributed by atoms with van der Waals surface area (Å²) in [6.45, 7) is 2.08. The first-order chi connectivity index (χ1) is 15.9. The minimum absolute atomic E-state index is 0.130. The average molecular weight is 467 g/mol. The number of hydrogen-bond donors (Lipinski definition) is 2. The summed E-state index contributed by atoms with van der Waals surface area (Å²) in [5.74, 6) is -0.157. The van der Waals surface area contributed by atoms with Gasteiger partial charge in [-0.25, -0.2) is 4.39 Å². The van der Waals surface area contributed by atoms with Gasteiger partial charge in [-0.15, -0.1) is 0 Å². The van der Waals surface area contributed by atoms with Gasteiger partial charge in [0.1, 0.15) is 23.0 Å². The molecule has 0 fully saturated rings. The van der Waals surface area contributed by atoms with E-state index in [1.807, 2.05) is 0 Å². The molecule has 6 nitrogen and oxygen atoms in total. The number of hydrogen-bond acceptors (Lipinski definition) is 4. The molecular formula is C25H20ClFN2O4. The lowest BCUT2D eigenvalue weighted by Crippen LogP contribution is -2.12.